The Bertz CT molecular complexity index is 1750. The summed E-state index contributed by atoms with van der Waals surface area (Å²) in [6.07, 6.45) is -0.0307. The van der Waals surface area contributed by atoms with Gasteiger partial charge in [-0.3, -0.25) is 0 Å². The highest BCUT2D eigenvalue weighted by molar-refractivity contribution is 5.91. The van der Waals surface area contributed by atoms with Crippen molar-refractivity contribution in [3.8, 4) is 22.6 Å². The van der Waals surface area contributed by atoms with Crippen LogP contribution in [0.15, 0.2) is 48.5 Å². The quantitative estimate of drug-likeness (QED) is 0.137. The Labute approximate surface area is 276 Å². The molecule has 0 unspecified atom stereocenters. The van der Waals surface area contributed by atoms with Crippen molar-refractivity contribution in [2.75, 3.05) is 63.9 Å². The first kappa shape index (κ1) is 33.7. The first-order valence-electron chi connectivity index (χ1n) is 16.0. The van der Waals surface area contributed by atoms with E-state index in [1.807, 2.05) is 31.3 Å². The van der Waals surface area contributed by atoms with Crippen LogP contribution in [0.3, 0.4) is 0 Å². The zero-order valence-electron chi connectivity index (χ0n) is 27.2. The number of esters is 1. The van der Waals surface area contributed by atoms with Crippen molar-refractivity contribution >= 4 is 28.5 Å². The number of alkyl halides is 3. The molecule has 48 heavy (non-hydrogen) atoms. The Morgan fingerprint density at radius 3 is 2.40 bits per heavy atom. The van der Waals surface area contributed by atoms with E-state index in [2.05, 4.69) is 24.5 Å². The summed E-state index contributed by atoms with van der Waals surface area (Å²) in [5.74, 6) is -0.830. The minimum atomic E-state index is -4.71. The molecule has 13 heteroatoms. The number of imidazole rings is 1. The average Bonchev–Trinajstić information content (AvgIpc) is 3.50. The van der Waals surface area contributed by atoms with Gasteiger partial charge in [0.2, 0.25) is 0 Å². The molecule has 0 amide bonds. The molecule has 0 spiro atoms. The minimum absolute atomic E-state index is 0.000916. The number of pyridine rings is 1. The minimum Gasteiger partial charge on any atom is -0.467 e. The summed E-state index contributed by atoms with van der Waals surface area (Å²) < 4.78 is 71.1. The van der Waals surface area contributed by atoms with Gasteiger partial charge in [-0.25, -0.2) is 19.2 Å². The van der Waals surface area contributed by atoms with Gasteiger partial charge < -0.3 is 29.0 Å². The number of ether oxygens (including phenoxy) is 3. The molecule has 1 aliphatic heterocycles. The number of carbonyl (C=O) groups is 1. The number of H-pyrrole nitrogens is 1. The molecule has 1 N–H and O–H groups in total. The first-order valence-corrected chi connectivity index (χ1v) is 16.0. The van der Waals surface area contributed by atoms with Gasteiger partial charge >= 0.3 is 12.1 Å². The number of methoxy groups -OCH3 is 2. The second kappa shape index (κ2) is 13.7. The second-order valence-electron chi connectivity index (χ2n) is 12.8. The number of carbonyl (C=O) groups excluding carboxylic acids is 1. The lowest BCUT2D eigenvalue weighted by atomic mass is 9.69. The van der Waals surface area contributed by atoms with Crippen LogP contribution in [0.1, 0.15) is 37.7 Å². The molecule has 4 aromatic rings. The maximum Gasteiger partial charge on any atom is 0.416 e. The standard InChI is InChI=1S/C35H39F4N5O4/c1-43(20-34(21-46-2)11-4-12-34)29-18-28(23-15-24(35(37,38)39)17-25(36)16-23)40-33-31(29)41-32(42-33)22-5-7-26(8-6-22)44-13-9-27(10-14-44)48-19-30(45)47-3/h5-8,15-18,27H,4,9-14,19-21H2,1-3H3,(H,40,41,42). The fourth-order valence-electron chi connectivity index (χ4n) is 6.73. The van der Waals surface area contributed by atoms with E-state index in [9.17, 15) is 22.4 Å². The third-order valence-electron chi connectivity index (χ3n) is 9.42. The summed E-state index contributed by atoms with van der Waals surface area (Å²) in [5, 5.41) is 0. The molecule has 1 saturated carbocycles. The van der Waals surface area contributed by atoms with Crippen molar-refractivity contribution in [1.82, 2.24) is 15.0 Å². The van der Waals surface area contributed by atoms with E-state index in [4.69, 9.17) is 14.5 Å². The van der Waals surface area contributed by atoms with E-state index >= 15 is 0 Å². The van der Waals surface area contributed by atoms with Gasteiger partial charge in [0, 0.05) is 56.0 Å². The molecule has 0 atom stereocenters. The lowest BCUT2D eigenvalue weighted by Gasteiger charge is -2.44. The zero-order chi connectivity index (χ0) is 34.1. The third-order valence-corrected chi connectivity index (χ3v) is 9.42. The summed E-state index contributed by atoms with van der Waals surface area (Å²) in [6.45, 7) is 2.75. The molecule has 1 aliphatic carbocycles. The summed E-state index contributed by atoms with van der Waals surface area (Å²) in [5.41, 5.74) is 2.58. The molecule has 6 rings (SSSR count). The van der Waals surface area contributed by atoms with Crippen molar-refractivity contribution in [2.24, 2.45) is 5.41 Å². The number of benzene rings is 2. The van der Waals surface area contributed by atoms with E-state index < -0.39 is 17.6 Å². The Hall–Kier alpha value is -4.23. The number of rotatable bonds is 11. The van der Waals surface area contributed by atoms with Crippen LogP contribution in [0.25, 0.3) is 33.8 Å². The molecule has 9 nitrogen and oxygen atoms in total. The number of hydrogen-bond donors (Lipinski definition) is 1. The summed E-state index contributed by atoms with van der Waals surface area (Å²) in [4.78, 5) is 28.5. The van der Waals surface area contributed by atoms with E-state index in [-0.39, 0.29) is 35.4 Å². The van der Waals surface area contributed by atoms with Crippen LogP contribution in [0.5, 0.6) is 0 Å². The number of aromatic nitrogens is 3. The van der Waals surface area contributed by atoms with Crippen LogP contribution in [0, 0.1) is 11.2 Å². The second-order valence-corrected chi connectivity index (χ2v) is 12.8. The highest BCUT2D eigenvalue weighted by Crippen LogP contribution is 2.43. The highest BCUT2D eigenvalue weighted by atomic mass is 19.4. The predicted molar refractivity (Wildman–Crippen MR) is 174 cm³/mol. The van der Waals surface area contributed by atoms with Crippen LogP contribution in [0.2, 0.25) is 0 Å². The lowest BCUT2D eigenvalue weighted by molar-refractivity contribution is -0.148. The van der Waals surface area contributed by atoms with Gasteiger partial charge in [0.1, 0.15) is 23.8 Å². The fraction of sp³-hybridized carbons (Fsp3) is 0.457. The van der Waals surface area contributed by atoms with Crippen LogP contribution in [0.4, 0.5) is 28.9 Å². The normalized spacial score (nSPS) is 16.6. The average molecular weight is 670 g/mol. The lowest BCUT2D eigenvalue weighted by Crippen LogP contribution is -2.44. The SMILES string of the molecule is COCC1(CN(C)c2cc(-c3cc(F)cc(C(F)(F)F)c3)nc3nc(-c4ccc(N5CCC(OCC(=O)OC)CC5)cc4)[nH]c23)CCC1. The summed E-state index contributed by atoms with van der Waals surface area (Å²) >= 11 is 0. The van der Waals surface area contributed by atoms with Gasteiger partial charge in [0.25, 0.3) is 0 Å². The monoisotopic (exact) mass is 669 g/mol. The molecular weight excluding hydrogens is 630 g/mol. The Morgan fingerprint density at radius 2 is 1.77 bits per heavy atom. The molecule has 3 heterocycles. The first-order chi connectivity index (χ1) is 23.0. The Morgan fingerprint density at radius 1 is 1.04 bits per heavy atom. The van der Waals surface area contributed by atoms with E-state index in [0.717, 1.165) is 68.6 Å². The molecule has 2 aromatic carbocycles. The van der Waals surface area contributed by atoms with Crippen LogP contribution in [-0.4, -0.2) is 81.1 Å². The maximum absolute atomic E-state index is 14.5. The molecular formula is C35H39F4N5O4. The van der Waals surface area contributed by atoms with Gasteiger partial charge in [0.15, 0.2) is 5.65 Å². The third kappa shape index (κ3) is 7.26. The number of hydrogen-bond acceptors (Lipinski definition) is 8. The largest absolute Gasteiger partial charge is 0.467 e. The molecule has 256 valence electrons. The van der Waals surface area contributed by atoms with Crippen LogP contribution >= 0.6 is 0 Å². The van der Waals surface area contributed by atoms with Crippen molar-refractivity contribution in [3.63, 3.8) is 0 Å². The van der Waals surface area contributed by atoms with Gasteiger partial charge in [0.05, 0.1) is 36.8 Å². The van der Waals surface area contributed by atoms with E-state index in [1.54, 1.807) is 13.2 Å². The molecule has 2 aliphatic rings. The number of nitrogens with zero attached hydrogens (tertiary/aromatic N) is 4. The van der Waals surface area contributed by atoms with E-state index in [1.165, 1.54) is 7.11 Å². The summed E-state index contributed by atoms with van der Waals surface area (Å²) in [7, 11) is 4.95. The van der Waals surface area contributed by atoms with Gasteiger partial charge in [-0.15, -0.1) is 0 Å². The number of aromatic amines is 1. The smallest absolute Gasteiger partial charge is 0.416 e. The van der Waals surface area contributed by atoms with Gasteiger partial charge in [-0.2, -0.15) is 13.2 Å². The highest BCUT2D eigenvalue weighted by Gasteiger charge is 2.38. The van der Waals surface area contributed by atoms with Gasteiger partial charge in [-0.1, -0.05) is 6.42 Å². The summed E-state index contributed by atoms with van der Waals surface area (Å²) in [6, 6.07) is 12.1. The van der Waals surface area contributed by atoms with Crippen molar-refractivity contribution in [2.45, 2.75) is 44.4 Å². The fourth-order valence-corrected chi connectivity index (χ4v) is 6.73. The number of nitrogens with one attached hydrogen (secondary N) is 1. The zero-order valence-corrected chi connectivity index (χ0v) is 27.2. The Kier molecular flexibility index (Phi) is 9.62. The van der Waals surface area contributed by atoms with Gasteiger partial charge in [-0.05, 0) is 74.2 Å². The molecule has 2 fully saturated rings. The Balaban J connectivity index is 1.29. The van der Waals surface area contributed by atoms with Crippen LogP contribution < -0.4 is 9.80 Å². The predicted octanol–water partition coefficient (Wildman–Crippen LogP) is 6.86. The number of anilines is 2. The molecule has 0 bridgehead atoms. The number of piperidine rings is 1. The van der Waals surface area contributed by atoms with Crippen molar-refractivity contribution in [3.05, 3.63) is 59.9 Å². The van der Waals surface area contributed by atoms with Crippen LogP contribution in [-0.2, 0) is 25.2 Å². The maximum atomic E-state index is 14.5. The molecule has 2 aromatic heterocycles. The number of fused-ring (bicyclic) bond motifs is 1. The van der Waals surface area contributed by atoms with Crippen molar-refractivity contribution < 1.29 is 36.6 Å². The molecule has 1 saturated heterocycles. The topological polar surface area (TPSA) is 92.8 Å². The van der Waals surface area contributed by atoms with Crippen molar-refractivity contribution in [1.29, 1.82) is 0 Å². The number of halogens is 4. The molecule has 0 radical (unpaired) electrons. The van der Waals surface area contributed by atoms with E-state index in [0.29, 0.717) is 41.9 Å².